The fourth-order valence-corrected chi connectivity index (χ4v) is 11.6. The Morgan fingerprint density at radius 2 is 1.21 bits per heavy atom. The summed E-state index contributed by atoms with van der Waals surface area (Å²) < 4.78 is 0. The predicted molar refractivity (Wildman–Crippen MR) is 273 cm³/mol. The Balaban J connectivity index is 1.40. The summed E-state index contributed by atoms with van der Waals surface area (Å²) >= 11 is 7.12. The smallest absolute Gasteiger partial charge is 0.252 e. The van der Waals surface area contributed by atoms with Crippen LogP contribution in [0.2, 0.25) is 5.02 Å². The van der Waals surface area contributed by atoms with Crippen LogP contribution in [0.3, 0.4) is 0 Å². The highest BCUT2D eigenvalue weighted by Gasteiger charge is 2.47. The van der Waals surface area contributed by atoms with Crippen LogP contribution in [0.4, 0.5) is 34.1 Å². The van der Waals surface area contributed by atoms with Gasteiger partial charge in [0.05, 0.1) is 5.69 Å². The Bertz CT molecular complexity index is 2720. The van der Waals surface area contributed by atoms with Crippen molar-refractivity contribution in [2.45, 2.75) is 156 Å². The van der Waals surface area contributed by atoms with Gasteiger partial charge in [0, 0.05) is 39.0 Å². The van der Waals surface area contributed by atoms with Crippen LogP contribution >= 0.6 is 11.6 Å². The molecule has 0 spiro atoms. The second-order valence-corrected chi connectivity index (χ2v) is 23.2. The zero-order valence-corrected chi connectivity index (χ0v) is 40.9. The van der Waals surface area contributed by atoms with Gasteiger partial charge in [-0.2, -0.15) is 0 Å². The van der Waals surface area contributed by atoms with Gasteiger partial charge in [0.15, 0.2) is 0 Å². The zero-order valence-electron chi connectivity index (χ0n) is 40.1. The molecule has 0 aromatic heterocycles. The van der Waals surface area contributed by atoms with E-state index in [1.54, 1.807) is 0 Å². The lowest BCUT2D eigenvalue weighted by Crippen LogP contribution is -2.62. The van der Waals surface area contributed by atoms with Gasteiger partial charge in [-0.25, -0.2) is 0 Å². The lowest BCUT2D eigenvalue weighted by Gasteiger charge is -2.48. The fraction of sp³-hybridized carbons (Fsp3) is 0.414. The maximum Gasteiger partial charge on any atom is 0.252 e. The highest BCUT2D eigenvalue weighted by Crippen LogP contribution is 2.53. The molecule has 2 heterocycles. The quantitative estimate of drug-likeness (QED) is 0.126. The van der Waals surface area contributed by atoms with Gasteiger partial charge in [-0.1, -0.05) is 137 Å². The Labute approximate surface area is 379 Å². The largest absolute Gasteiger partial charge is 0.311 e. The van der Waals surface area contributed by atoms with Crippen molar-refractivity contribution < 1.29 is 0 Å². The van der Waals surface area contributed by atoms with Gasteiger partial charge in [-0.05, 0) is 183 Å². The zero-order chi connectivity index (χ0) is 44.5. The standard InChI is InChI=1S/C58H68BClN2/c1-15-17-18-37(16-2)41-31-38(54(4,5)6)19-24-48(41)62-49-32-39(60)20-23-46(49)59-47-34-44-45(58(13,14)28-27-57(44,11)12)35-50(47)61(51-29-36(3)30-52(62)53(51)59)40-21-22-42-43(33-40)56(9,10)26-25-55(42,7)8/h16-24,29-35H,15,25-28H2,1-14H3/b18-17-,37-16+. The number of fused-ring (bicyclic) bond motifs is 6. The summed E-state index contributed by atoms with van der Waals surface area (Å²) in [6.45, 7) is 33.3. The molecule has 0 N–H and O–H groups in total. The molecular weight excluding hydrogens is 771 g/mol. The normalized spacial score (nSPS) is 19.1. The van der Waals surface area contributed by atoms with Crippen LogP contribution in [0.15, 0.2) is 97.1 Å². The first kappa shape index (κ1) is 42.8. The monoisotopic (exact) mass is 839 g/mol. The van der Waals surface area contributed by atoms with Gasteiger partial charge in [-0.3, -0.25) is 0 Å². The minimum Gasteiger partial charge on any atom is -0.311 e. The minimum absolute atomic E-state index is 0.0122. The first-order chi connectivity index (χ1) is 29.1. The molecule has 62 heavy (non-hydrogen) atoms. The van der Waals surface area contributed by atoms with E-state index >= 15 is 0 Å². The third-order valence-electron chi connectivity index (χ3n) is 15.5. The number of benzene rings is 5. The average Bonchev–Trinajstić information content (AvgIpc) is 3.20. The Kier molecular flexibility index (Phi) is 10.0. The summed E-state index contributed by atoms with van der Waals surface area (Å²) in [5.41, 5.74) is 22.7. The van der Waals surface area contributed by atoms with Gasteiger partial charge in [0.1, 0.15) is 0 Å². The lowest BCUT2D eigenvalue weighted by molar-refractivity contribution is 0.332. The Hall–Kier alpha value is -4.47. The molecule has 2 nitrogen and oxygen atoms in total. The van der Waals surface area contributed by atoms with Gasteiger partial charge < -0.3 is 9.80 Å². The molecule has 9 rings (SSSR count). The maximum atomic E-state index is 7.12. The van der Waals surface area contributed by atoms with E-state index in [1.165, 1.54) is 115 Å². The number of hydrogen-bond acceptors (Lipinski definition) is 2. The van der Waals surface area contributed by atoms with Gasteiger partial charge in [0.25, 0.3) is 6.71 Å². The summed E-state index contributed by atoms with van der Waals surface area (Å²) in [7, 11) is 0. The molecule has 2 aliphatic heterocycles. The Morgan fingerprint density at radius 1 is 0.629 bits per heavy atom. The molecule has 0 bridgehead atoms. The van der Waals surface area contributed by atoms with Crippen molar-refractivity contribution in [1.29, 1.82) is 0 Å². The van der Waals surface area contributed by atoms with E-state index in [9.17, 15) is 0 Å². The molecule has 0 atom stereocenters. The molecule has 2 aliphatic carbocycles. The summed E-state index contributed by atoms with van der Waals surface area (Å²) in [6, 6.07) is 31.5. The maximum absolute atomic E-state index is 7.12. The van der Waals surface area contributed by atoms with Gasteiger partial charge in [-0.15, -0.1) is 0 Å². The van der Waals surface area contributed by atoms with Crippen molar-refractivity contribution in [2.24, 2.45) is 0 Å². The van der Waals surface area contributed by atoms with Crippen molar-refractivity contribution in [3.63, 3.8) is 0 Å². The number of aryl methyl sites for hydroxylation is 1. The molecule has 0 saturated carbocycles. The highest BCUT2D eigenvalue weighted by molar-refractivity contribution is 7.00. The van der Waals surface area contributed by atoms with Crippen molar-refractivity contribution in [2.75, 3.05) is 9.80 Å². The number of rotatable bonds is 5. The molecule has 5 aromatic rings. The molecule has 5 aromatic carbocycles. The van der Waals surface area contributed by atoms with Gasteiger partial charge >= 0.3 is 0 Å². The molecule has 0 radical (unpaired) electrons. The number of nitrogens with zero attached hydrogens (tertiary/aromatic N) is 2. The first-order valence-corrected chi connectivity index (χ1v) is 23.8. The van der Waals surface area contributed by atoms with Crippen LogP contribution in [-0.2, 0) is 27.1 Å². The van der Waals surface area contributed by atoms with E-state index in [4.69, 9.17) is 11.6 Å². The summed E-state index contributed by atoms with van der Waals surface area (Å²) in [5.74, 6) is 0. The Morgan fingerprint density at radius 3 is 1.82 bits per heavy atom. The third kappa shape index (κ3) is 6.74. The van der Waals surface area contributed by atoms with Crippen molar-refractivity contribution in [3.8, 4) is 0 Å². The van der Waals surface area contributed by atoms with Crippen LogP contribution < -0.4 is 26.2 Å². The van der Waals surface area contributed by atoms with E-state index in [2.05, 4.69) is 204 Å². The topological polar surface area (TPSA) is 6.48 Å². The fourth-order valence-electron chi connectivity index (χ4n) is 11.4. The highest BCUT2D eigenvalue weighted by atomic mass is 35.5. The second kappa shape index (κ2) is 14.5. The summed E-state index contributed by atoms with van der Waals surface area (Å²) in [5, 5.41) is 0.751. The van der Waals surface area contributed by atoms with E-state index in [1.807, 2.05) is 0 Å². The van der Waals surface area contributed by atoms with Crippen LogP contribution in [-0.4, -0.2) is 6.71 Å². The van der Waals surface area contributed by atoms with Crippen LogP contribution in [0, 0.1) is 6.92 Å². The molecule has 4 aliphatic rings. The summed E-state index contributed by atoms with van der Waals surface area (Å²) in [6.07, 6.45) is 12.6. The van der Waals surface area contributed by atoms with Crippen LogP contribution in [0.25, 0.3) is 5.57 Å². The molecule has 0 fully saturated rings. The molecule has 0 unspecified atom stereocenters. The predicted octanol–water partition coefficient (Wildman–Crippen LogP) is 15.1. The minimum atomic E-state index is -0.0122. The van der Waals surface area contributed by atoms with E-state index in [0.29, 0.717) is 0 Å². The number of halogens is 1. The van der Waals surface area contributed by atoms with Crippen molar-refractivity contribution in [3.05, 3.63) is 141 Å². The van der Waals surface area contributed by atoms with E-state index in [-0.39, 0.29) is 33.8 Å². The molecule has 0 saturated heterocycles. The molecular formula is C58H68BClN2. The van der Waals surface area contributed by atoms with Gasteiger partial charge in [0.2, 0.25) is 0 Å². The number of allylic oxidation sites excluding steroid dienone is 4. The van der Waals surface area contributed by atoms with E-state index < -0.39 is 0 Å². The van der Waals surface area contributed by atoms with E-state index in [0.717, 1.165) is 17.1 Å². The van der Waals surface area contributed by atoms with Crippen LogP contribution in [0.5, 0.6) is 0 Å². The number of hydrogen-bond donors (Lipinski definition) is 0. The number of anilines is 6. The van der Waals surface area contributed by atoms with Crippen molar-refractivity contribution >= 4 is 74.4 Å². The average molecular weight is 839 g/mol. The van der Waals surface area contributed by atoms with Crippen molar-refractivity contribution in [1.82, 2.24) is 0 Å². The summed E-state index contributed by atoms with van der Waals surface area (Å²) in [4.78, 5) is 5.22. The molecule has 0 amide bonds. The van der Waals surface area contributed by atoms with Crippen LogP contribution in [0.1, 0.15) is 161 Å². The lowest BCUT2D eigenvalue weighted by atomic mass is 9.33. The third-order valence-corrected chi connectivity index (χ3v) is 15.7. The first-order valence-electron chi connectivity index (χ1n) is 23.4. The molecule has 4 heteroatoms. The SMILES string of the molecule is C/C=C(\C=C/CC)c1cc(C(C)(C)C)ccc1N1c2cc(Cl)ccc2B2c3cc4c(cc3N(c3ccc5c(c3)C(C)(C)CCC5(C)C)c3cc(C)cc1c32)C(C)(C)CCC4(C)C. The molecule has 320 valence electrons. The second-order valence-electron chi connectivity index (χ2n) is 22.8.